The van der Waals surface area contributed by atoms with E-state index in [4.69, 9.17) is 95.7 Å². The van der Waals surface area contributed by atoms with Crippen LogP contribution in [-0.2, 0) is 123 Å². The van der Waals surface area contributed by atoms with Gasteiger partial charge in [-0.05, 0) is 123 Å². The Bertz CT molecular complexity index is 3660. The summed E-state index contributed by atoms with van der Waals surface area (Å²) in [4.78, 5) is 134. The van der Waals surface area contributed by atoms with E-state index in [0.717, 1.165) is 0 Å². The Morgan fingerprint density at radius 2 is 0.377 bits per heavy atom. The second-order valence-electron chi connectivity index (χ2n) is 22.5. The van der Waals surface area contributed by atoms with Crippen LogP contribution in [0.1, 0.15) is 118 Å². The van der Waals surface area contributed by atoms with Gasteiger partial charge in [0, 0.05) is 101 Å². The van der Waals surface area contributed by atoms with Crippen LogP contribution in [0.4, 0.5) is 0 Å². The minimum atomic E-state index is -0.775. The third-order valence-corrected chi connectivity index (χ3v) is 14.8. The van der Waals surface area contributed by atoms with Crippen LogP contribution in [-0.4, -0.2) is 198 Å². The summed E-state index contributed by atoms with van der Waals surface area (Å²) in [6.45, 7) is 7.87. The molecule has 5 aromatic carbocycles. The number of esters is 9. The highest BCUT2D eigenvalue weighted by Crippen LogP contribution is 2.43. The monoisotopic (exact) mass is 1480 g/mol. The lowest BCUT2D eigenvalue weighted by atomic mass is 9.94. The fraction of sp³-hybridized carbons (Fsp3) is 0.467. The van der Waals surface area contributed by atoms with Crippen molar-refractivity contribution in [1.82, 2.24) is 5.32 Å². The smallest absolute Gasteiger partial charge is 0.344 e. The van der Waals surface area contributed by atoms with E-state index in [1.54, 1.807) is 62.3 Å². The minimum absolute atomic E-state index is 0.00311. The quantitative estimate of drug-likeness (QED) is 0.0334. The van der Waals surface area contributed by atoms with Crippen LogP contribution in [0, 0.1) is 0 Å². The maximum Gasteiger partial charge on any atom is 0.344 e. The van der Waals surface area contributed by atoms with E-state index in [9.17, 15) is 47.9 Å². The van der Waals surface area contributed by atoms with Crippen molar-refractivity contribution in [2.45, 2.75) is 94.4 Å². The Balaban J connectivity index is 1.88. The molecule has 0 saturated carbocycles. The third kappa shape index (κ3) is 27.1. The van der Waals surface area contributed by atoms with Crippen LogP contribution in [0.25, 0.3) is 0 Å². The number of rotatable bonds is 41. The van der Waals surface area contributed by atoms with E-state index >= 15 is 0 Å². The highest BCUT2D eigenvalue weighted by Gasteiger charge is 2.28. The summed E-state index contributed by atoms with van der Waals surface area (Å²) in [5.41, 5.74) is 8.10. The second kappa shape index (κ2) is 44.4. The zero-order chi connectivity index (χ0) is 76.9. The first-order valence-corrected chi connectivity index (χ1v) is 34.6. The predicted octanol–water partition coefficient (Wildman–Crippen LogP) is 5.88. The number of nitrogens with one attached hydrogen (secondary N) is 1. The van der Waals surface area contributed by atoms with Crippen LogP contribution >= 0.6 is 0 Å². The van der Waals surface area contributed by atoms with Crippen molar-refractivity contribution in [2.75, 3.05) is 139 Å². The molecule has 0 aliphatic heterocycles. The van der Waals surface area contributed by atoms with E-state index < -0.39 is 126 Å². The molecule has 10 aliphatic carbocycles. The zero-order valence-electron chi connectivity index (χ0n) is 61.1. The number of hydrogen-bond donors (Lipinski definition) is 2. The summed E-state index contributed by atoms with van der Waals surface area (Å²) in [7, 11) is 0. The van der Waals surface area contributed by atoms with Gasteiger partial charge >= 0.3 is 53.7 Å². The number of carbonyl (C=O) groups excluding carboxylic acids is 10. The molecule has 0 aromatic heterocycles. The van der Waals surface area contributed by atoms with Gasteiger partial charge in [-0.3, -0.25) is 4.79 Å². The molecule has 0 unspecified atom stereocenters. The number of nitrogens with two attached hydrogens (primary N) is 1. The van der Waals surface area contributed by atoms with Gasteiger partial charge in [0.2, 0.25) is 0 Å². The SMILES string of the molecule is CCOC(=O)COc1cc2c(OCC(=O)OCC)cc1Cc1cc(OCC(=O)OCC)c(cc1OCC(=O)NCCN)Cc1cc(OCC(=O)OCC)c(cc1OCC(=O)OCC)Cc1cc(OCC(=O)OCC)c(cc1OCC(=O)OCC)Cc1cc(OCC(=O)OCC)c(cc1OCC(=O)OCC)C2. The number of ether oxygens (including phenoxy) is 19. The van der Waals surface area contributed by atoms with Crippen molar-refractivity contribution in [1.29, 1.82) is 0 Å². The molecule has 0 saturated heterocycles. The summed E-state index contributed by atoms with van der Waals surface area (Å²) in [5, 5.41) is 2.68. The number of benzene rings is 5. The highest BCUT2D eigenvalue weighted by atomic mass is 16.6. The molecule has 106 heavy (non-hydrogen) atoms. The molecule has 5 aromatic rings. The van der Waals surface area contributed by atoms with E-state index in [-0.39, 0.29) is 218 Å². The number of hydrogen-bond acceptors (Lipinski definition) is 30. The van der Waals surface area contributed by atoms with Gasteiger partial charge in [-0.15, -0.1) is 0 Å². The van der Waals surface area contributed by atoms with Crippen molar-refractivity contribution < 1.29 is 138 Å². The Hall–Kier alpha value is -11.2. The van der Waals surface area contributed by atoms with Gasteiger partial charge in [0.25, 0.3) is 5.91 Å². The van der Waals surface area contributed by atoms with Gasteiger partial charge < -0.3 is 101 Å². The van der Waals surface area contributed by atoms with Gasteiger partial charge in [-0.2, -0.15) is 0 Å². The maximum atomic E-state index is 13.5. The van der Waals surface area contributed by atoms with Gasteiger partial charge in [0.1, 0.15) is 57.5 Å². The molecule has 3 N–H and O–H groups in total. The van der Waals surface area contributed by atoms with Gasteiger partial charge in [-0.25, -0.2) is 43.2 Å². The van der Waals surface area contributed by atoms with Gasteiger partial charge in [-0.1, -0.05) is 0 Å². The molecule has 10 bridgehead atoms. The average molecular weight is 1490 g/mol. The molecular weight excluding hydrogens is 1390 g/mol. The average Bonchev–Trinajstić information content (AvgIpc) is 0.883. The molecule has 0 spiro atoms. The molecule has 576 valence electrons. The molecular formula is C75H92N2O29. The topological polar surface area (TPSA) is 384 Å². The first-order chi connectivity index (χ1) is 51.2. The molecule has 1 amide bonds. The maximum absolute atomic E-state index is 13.5. The standard InChI is InChI=1S/C75H92N2O29/c1-10-88-67(79)37-98-57-27-46-21-48-28-59(100-39-69(81)90-12-3)50(30-58(48)99-38-68(80)89-11-2)23-52-32-63(104-43-73(85)94-16-7)54(34-62(52)103-42-72(84)93-15-6)25-55-35-64(105-44-74(86)95-17-8)53(33-65(55)106-45-75(87)96-18-9)24-51-31-60(101-40-70(82)91-13-4)49(29-61(51)102-41-71(83)92-14-5)22-47(57)26-56(46)97-36-66(78)77-20-19-76/h26-35H,10-25,36-45,76H2,1-9H3,(H,77,78). The summed E-state index contributed by atoms with van der Waals surface area (Å²) in [6.07, 6.45) is -1.24. The molecule has 0 fully saturated rings. The Morgan fingerprint density at radius 3 is 0.500 bits per heavy atom. The number of carbonyl (C=O) groups is 10. The lowest BCUT2D eigenvalue weighted by Crippen LogP contribution is -2.33. The van der Waals surface area contributed by atoms with E-state index in [2.05, 4.69) is 5.32 Å². The summed E-state index contributed by atoms with van der Waals surface area (Å²) >= 11 is 0. The van der Waals surface area contributed by atoms with Crippen molar-refractivity contribution in [3.63, 3.8) is 0 Å². The first-order valence-electron chi connectivity index (χ1n) is 34.6. The molecule has 10 aliphatic rings. The first kappa shape index (κ1) is 83.7. The number of amides is 1. The van der Waals surface area contributed by atoms with Crippen LogP contribution < -0.4 is 58.4 Å². The Labute approximate surface area is 613 Å². The van der Waals surface area contributed by atoms with E-state index in [1.165, 1.54) is 60.7 Å². The fourth-order valence-electron chi connectivity index (χ4n) is 10.4. The molecule has 31 heteroatoms. The Kier molecular flexibility index (Phi) is 35.1. The summed E-state index contributed by atoms with van der Waals surface area (Å²) in [6, 6.07) is 15.2. The molecule has 15 rings (SSSR count). The second-order valence-corrected chi connectivity index (χ2v) is 22.5. The van der Waals surface area contributed by atoms with Crippen LogP contribution in [0.5, 0.6) is 57.5 Å². The largest absolute Gasteiger partial charge is 0.483 e. The van der Waals surface area contributed by atoms with Gasteiger partial charge in [0.15, 0.2) is 66.1 Å². The van der Waals surface area contributed by atoms with E-state index in [0.29, 0.717) is 0 Å². The minimum Gasteiger partial charge on any atom is -0.483 e. The lowest BCUT2D eigenvalue weighted by Gasteiger charge is -2.22. The van der Waals surface area contributed by atoms with Crippen molar-refractivity contribution in [3.05, 3.63) is 116 Å². The third-order valence-electron chi connectivity index (χ3n) is 14.8. The summed E-state index contributed by atoms with van der Waals surface area (Å²) < 4.78 is 111. The fourth-order valence-corrected chi connectivity index (χ4v) is 10.4. The van der Waals surface area contributed by atoms with Crippen molar-refractivity contribution >= 4 is 59.6 Å². The van der Waals surface area contributed by atoms with Gasteiger partial charge in [0.05, 0.1) is 59.5 Å². The Morgan fingerprint density at radius 1 is 0.245 bits per heavy atom. The van der Waals surface area contributed by atoms with E-state index in [1.807, 2.05) is 0 Å². The van der Waals surface area contributed by atoms with Crippen molar-refractivity contribution in [3.8, 4) is 57.5 Å². The predicted molar refractivity (Wildman–Crippen MR) is 373 cm³/mol. The highest BCUT2D eigenvalue weighted by molar-refractivity contribution is 5.78. The molecule has 0 atom stereocenters. The lowest BCUT2D eigenvalue weighted by molar-refractivity contribution is -0.146. The summed E-state index contributed by atoms with van der Waals surface area (Å²) in [5.74, 6) is -7.51. The van der Waals surface area contributed by atoms with Crippen LogP contribution in [0.3, 0.4) is 0 Å². The molecule has 0 radical (unpaired) electrons. The van der Waals surface area contributed by atoms with Crippen LogP contribution in [0.15, 0.2) is 60.7 Å². The van der Waals surface area contributed by atoms with Crippen LogP contribution in [0.2, 0.25) is 0 Å². The van der Waals surface area contributed by atoms with Crippen molar-refractivity contribution in [2.24, 2.45) is 5.73 Å². The zero-order valence-corrected chi connectivity index (χ0v) is 61.1. The normalized spacial score (nSPS) is 11.3. The molecule has 31 nitrogen and oxygen atoms in total. The molecule has 0 heterocycles.